The van der Waals surface area contributed by atoms with E-state index in [1.54, 1.807) is 0 Å². The largest absolute Gasteiger partial charge is 0.312 e. The van der Waals surface area contributed by atoms with Gasteiger partial charge in [0, 0.05) is 12.1 Å². The Morgan fingerprint density at radius 1 is 1.05 bits per heavy atom. The predicted octanol–water partition coefficient (Wildman–Crippen LogP) is 4.49. The minimum atomic E-state index is 0.225. The standard InChI is InChI=1S/C18H29N/c1-15-7-9-16(10-8-15)13-18(11-5-6-12-18)14-19-17(2,3)4/h7-10,19H,5-6,11-14H2,1-4H3. The number of rotatable bonds is 4. The van der Waals surface area contributed by atoms with Gasteiger partial charge in [0.15, 0.2) is 0 Å². The Morgan fingerprint density at radius 3 is 2.16 bits per heavy atom. The van der Waals surface area contributed by atoms with Crippen LogP contribution >= 0.6 is 0 Å². The fourth-order valence-corrected chi connectivity index (χ4v) is 3.13. The minimum Gasteiger partial charge on any atom is -0.312 e. The average molecular weight is 259 g/mol. The molecule has 0 aromatic heterocycles. The molecule has 0 aliphatic heterocycles. The first-order valence-corrected chi connectivity index (χ1v) is 7.69. The maximum atomic E-state index is 3.74. The minimum absolute atomic E-state index is 0.225. The summed E-state index contributed by atoms with van der Waals surface area (Å²) in [5.74, 6) is 0. The van der Waals surface area contributed by atoms with Gasteiger partial charge in [-0.05, 0) is 57.9 Å². The quantitative estimate of drug-likeness (QED) is 0.840. The lowest BCUT2D eigenvalue weighted by Gasteiger charge is -2.33. The highest BCUT2D eigenvalue weighted by Crippen LogP contribution is 2.40. The van der Waals surface area contributed by atoms with Crippen LogP contribution in [0.25, 0.3) is 0 Å². The molecule has 0 bridgehead atoms. The summed E-state index contributed by atoms with van der Waals surface area (Å²) in [6, 6.07) is 9.11. The average Bonchev–Trinajstić information content (AvgIpc) is 2.78. The molecule has 1 fully saturated rings. The van der Waals surface area contributed by atoms with Crippen molar-refractivity contribution in [3.63, 3.8) is 0 Å². The molecule has 1 saturated carbocycles. The van der Waals surface area contributed by atoms with Crippen LogP contribution < -0.4 is 5.32 Å². The van der Waals surface area contributed by atoms with E-state index in [9.17, 15) is 0 Å². The van der Waals surface area contributed by atoms with Crippen LogP contribution in [0.2, 0.25) is 0 Å². The summed E-state index contributed by atoms with van der Waals surface area (Å²) in [5, 5.41) is 3.74. The molecule has 1 aliphatic carbocycles. The lowest BCUT2D eigenvalue weighted by Crippen LogP contribution is -2.43. The van der Waals surface area contributed by atoms with Crippen LogP contribution in [0, 0.1) is 12.3 Å². The molecule has 0 heterocycles. The van der Waals surface area contributed by atoms with Crippen molar-refractivity contribution < 1.29 is 0 Å². The van der Waals surface area contributed by atoms with Gasteiger partial charge in [-0.2, -0.15) is 0 Å². The van der Waals surface area contributed by atoms with Gasteiger partial charge in [0.1, 0.15) is 0 Å². The van der Waals surface area contributed by atoms with Gasteiger partial charge >= 0.3 is 0 Å². The second-order valence-corrected chi connectivity index (χ2v) is 7.47. The molecule has 1 N–H and O–H groups in total. The maximum absolute atomic E-state index is 3.74. The lowest BCUT2D eigenvalue weighted by molar-refractivity contribution is 0.245. The first kappa shape index (κ1) is 14.6. The van der Waals surface area contributed by atoms with Gasteiger partial charge in [0.05, 0.1) is 0 Å². The molecule has 0 atom stereocenters. The van der Waals surface area contributed by atoms with Crippen LogP contribution in [0.5, 0.6) is 0 Å². The van der Waals surface area contributed by atoms with E-state index >= 15 is 0 Å². The first-order chi connectivity index (χ1) is 8.89. The third-order valence-corrected chi connectivity index (χ3v) is 4.36. The summed E-state index contributed by atoms with van der Waals surface area (Å²) < 4.78 is 0. The molecule has 1 aromatic carbocycles. The molecule has 2 rings (SSSR count). The number of nitrogens with one attached hydrogen (secondary N) is 1. The van der Waals surface area contributed by atoms with Crippen molar-refractivity contribution >= 4 is 0 Å². The summed E-state index contributed by atoms with van der Waals surface area (Å²) in [6.07, 6.45) is 6.79. The third kappa shape index (κ3) is 4.35. The highest BCUT2D eigenvalue weighted by atomic mass is 15.0. The third-order valence-electron chi connectivity index (χ3n) is 4.36. The van der Waals surface area contributed by atoms with Gasteiger partial charge < -0.3 is 5.32 Å². The molecule has 0 amide bonds. The van der Waals surface area contributed by atoms with Crippen molar-refractivity contribution in [1.29, 1.82) is 0 Å². The van der Waals surface area contributed by atoms with Gasteiger partial charge in [-0.25, -0.2) is 0 Å². The maximum Gasteiger partial charge on any atom is 0.00967 e. The number of aryl methyl sites for hydroxylation is 1. The Bertz CT molecular complexity index is 391. The molecule has 1 aromatic rings. The van der Waals surface area contributed by atoms with Gasteiger partial charge in [-0.15, -0.1) is 0 Å². The summed E-state index contributed by atoms with van der Waals surface area (Å²) in [5.41, 5.74) is 3.58. The van der Waals surface area contributed by atoms with E-state index in [-0.39, 0.29) is 5.54 Å². The molecular weight excluding hydrogens is 230 g/mol. The molecule has 0 spiro atoms. The van der Waals surface area contributed by atoms with E-state index in [1.165, 1.54) is 43.2 Å². The lowest BCUT2D eigenvalue weighted by atomic mass is 9.79. The predicted molar refractivity (Wildman–Crippen MR) is 83.5 cm³/mol. The van der Waals surface area contributed by atoms with Crippen LogP contribution in [0.1, 0.15) is 57.6 Å². The Labute approximate surface area is 118 Å². The summed E-state index contributed by atoms with van der Waals surface area (Å²) in [6.45, 7) is 10.1. The summed E-state index contributed by atoms with van der Waals surface area (Å²) >= 11 is 0. The number of hydrogen-bond acceptors (Lipinski definition) is 1. The number of benzene rings is 1. The Kier molecular flexibility index (Phi) is 4.35. The molecule has 0 saturated heterocycles. The zero-order valence-electron chi connectivity index (χ0n) is 13.1. The zero-order chi connectivity index (χ0) is 13.9. The summed E-state index contributed by atoms with van der Waals surface area (Å²) in [4.78, 5) is 0. The monoisotopic (exact) mass is 259 g/mol. The Hall–Kier alpha value is -0.820. The van der Waals surface area contributed by atoms with Crippen molar-refractivity contribution in [2.75, 3.05) is 6.54 Å². The van der Waals surface area contributed by atoms with Gasteiger partial charge in [0.2, 0.25) is 0 Å². The van der Waals surface area contributed by atoms with Crippen LogP contribution in [-0.4, -0.2) is 12.1 Å². The van der Waals surface area contributed by atoms with Gasteiger partial charge in [-0.1, -0.05) is 42.7 Å². The van der Waals surface area contributed by atoms with Gasteiger partial charge in [0.25, 0.3) is 0 Å². The molecular formula is C18H29N. The second-order valence-electron chi connectivity index (χ2n) is 7.47. The number of hydrogen-bond donors (Lipinski definition) is 1. The van der Waals surface area contributed by atoms with Crippen LogP contribution in [0.4, 0.5) is 0 Å². The Morgan fingerprint density at radius 2 is 1.63 bits per heavy atom. The zero-order valence-corrected chi connectivity index (χ0v) is 13.1. The van der Waals surface area contributed by atoms with Crippen LogP contribution in [0.15, 0.2) is 24.3 Å². The highest BCUT2D eigenvalue weighted by molar-refractivity contribution is 5.22. The normalized spacial score (nSPS) is 18.7. The fourth-order valence-electron chi connectivity index (χ4n) is 3.13. The van der Waals surface area contributed by atoms with Crippen molar-refractivity contribution in [2.45, 2.75) is 65.3 Å². The van der Waals surface area contributed by atoms with Crippen molar-refractivity contribution in [3.05, 3.63) is 35.4 Å². The smallest absolute Gasteiger partial charge is 0.00967 e. The molecule has 106 valence electrons. The van der Waals surface area contributed by atoms with E-state index in [2.05, 4.69) is 57.3 Å². The van der Waals surface area contributed by atoms with E-state index < -0.39 is 0 Å². The fraction of sp³-hybridized carbons (Fsp3) is 0.667. The van der Waals surface area contributed by atoms with Crippen LogP contribution in [0.3, 0.4) is 0 Å². The van der Waals surface area contributed by atoms with Crippen molar-refractivity contribution in [1.82, 2.24) is 5.32 Å². The van der Waals surface area contributed by atoms with Crippen molar-refractivity contribution in [3.8, 4) is 0 Å². The van der Waals surface area contributed by atoms with E-state index in [0.717, 1.165) is 6.54 Å². The van der Waals surface area contributed by atoms with E-state index in [0.29, 0.717) is 5.41 Å². The second kappa shape index (κ2) is 5.66. The first-order valence-electron chi connectivity index (χ1n) is 7.69. The van der Waals surface area contributed by atoms with Crippen LogP contribution in [-0.2, 0) is 6.42 Å². The molecule has 1 heteroatoms. The van der Waals surface area contributed by atoms with E-state index in [1.807, 2.05) is 0 Å². The molecule has 1 nitrogen and oxygen atoms in total. The molecule has 1 aliphatic rings. The molecule has 19 heavy (non-hydrogen) atoms. The Balaban J connectivity index is 2.05. The topological polar surface area (TPSA) is 12.0 Å². The van der Waals surface area contributed by atoms with E-state index in [4.69, 9.17) is 0 Å². The van der Waals surface area contributed by atoms with Crippen molar-refractivity contribution in [2.24, 2.45) is 5.41 Å². The summed E-state index contributed by atoms with van der Waals surface area (Å²) in [7, 11) is 0. The molecule has 0 radical (unpaired) electrons. The molecule has 0 unspecified atom stereocenters. The SMILES string of the molecule is Cc1ccc(CC2(CNC(C)(C)C)CCCC2)cc1. The van der Waals surface area contributed by atoms with Gasteiger partial charge in [-0.3, -0.25) is 0 Å². The highest BCUT2D eigenvalue weighted by Gasteiger charge is 2.34.